The van der Waals surface area contributed by atoms with E-state index in [0.717, 1.165) is 23.4 Å². The first kappa shape index (κ1) is 15.9. The lowest BCUT2D eigenvalue weighted by Gasteiger charge is -2.22. The van der Waals surface area contributed by atoms with E-state index < -0.39 is 0 Å². The van der Waals surface area contributed by atoms with Gasteiger partial charge in [-0.05, 0) is 40.2 Å². The Kier molecular flexibility index (Phi) is 5.32. The fraction of sp³-hybridized carbons (Fsp3) is 0.667. The second kappa shape index (κ2) is 6.35. The molecule has 0 saturated heterocycles. The van der Waals surface area contributed by atoms with E-state index in [9.17, 15) is 4.79 Å². The number of methoxy groups -OCH3 is 1. The number of aryl methyl sites for hydroxylation is 1. The topological polar surface area (TPSA) is 40.5 Å². The summed E-state index contributed by atoms with van der Waals surface area (Å²) in [7, 11) is 3.64. The smallest absolute Gasteiger partial charge is 0.190 e. The average Bonchev–Trinajstić information content (AvgIpc) is 2.62. The minimum Gasteiger partial charge on any atom is -0.379 e. The predicted octanol–water partition coefficient (Wildman–Crippen LogP) is 2.66. The van der Waals surface area contributed by atoms with Crippen LogP contribution in [0.2, 0.25) is 0 Å². The Morgan fingerprint density at radius 2 is 2.00 bits per heavy atom. The number of carbonyl (C=O) groups is 1. The van der Waals surface area contributed by atoms with Crippen molar-refractivity contribution in [3.63, 3.8) is 0 Å². The van der Waals surface area contributed by atoms with Crippen LogP contribution in [0.4, 0.5) is 0 Å². The lowest BCUT2D eigenvalue weighted by molar-refractivity contribution is -0.00837. The van der Waals surface area contributed by atoms with Gasteiger partial charge in [0.15, 0.2) is 5.78 Å². The van der Waals surface area contributed by atoms with Gasteiger partial charge in [-0.2, -0.15) is 0 Å². The molecule has 108 valence electrons. The molecule has 4 heteroatoms. The summed E-state index contributed by atoms with van der Waals surface area (Å²) in [5, 5.41) is 0. The van der Waals surface area contributed by atoms with Crippen LogP contribution < -0.4 is 0 Å². The number of aromatic nitrogens is 1. The highest BCUT2D eigenvalue weighted by atomic mass is 16.5. The summed E-state index contributed by atoms with van der Waals surface area (Å²) >= 11 is 0. The molecule has 0 bridgehead atoms. The second-order valence-corrected chi connectivity index (χ2v) is 5.53. The van der Waals surface area contributed by atoms with Gasteiger partial charge in [0, 0.05) is 37.7 Å². The van der Waals surface area contributed by atoms with Crippen molar-refractivity contribution in [3.8, 4) is 0 Å². The van der Waals surface area contributed by atoms with Gasteiger partial charge in [-0.1, -0.05) is 0 Å². The van der Waals surface area contributed by atoms with E-state index >= 15 is 0 Å². The molecule has 0 spiro atoms. The number of rotatable bonds is 7. The van der Waals surface area contributed by atoms with Crippen molar-refractivity contribution in [2.24, 2.45) is 7.05 Å². The molecule has 1 rings (SSSR count). The molecule has 1 aromatic rings. The zero-order valence-electron chi connectivity index (χ0n) is 12.9. The normalized spacial score (nSPS) is 11.9. The first-order chi connectivity index (χ1) is 8.78. The van der Waals surface area contributed by atoms with Gasteiger partial charge in [-0.3, -0.25) is 4.79 Å². The van der Waals surface area contributed by atoms with Crippen LogP contribution in [0.1, 0.15) is 42.0 Å². The molecule has 0 aromatic carbocycles. The van der Waals surface area contributed by atoms with Gasteiger partial charge in [0.25, 0.3) is 0 Å². The third-order valence-corrected chi connectivity index (χ3v) is 3.71. The van der Waals surface area contributed by atoms with E-state index in [1.165, 1.54) is 0 Å². The number of hydrogen-bond donors (Lipinski definition) is 0. The Balaban J connectivity index is 2.46. The van der Waals surface area contributed by atoms with Crippen molar-refractivity contribution in [1.29, 1.82) is 0 Å². The first-order valence-corrected chi connectivity index (χ1v) is 6.57. The summed E-state index contributed by atoms with van der Waals surface area (Å²) in [6.45, 7) is 8.60. The molecule has 0 N–H and O–H groups in total. The van der Waals surface area contributed by atoms with Crippen LogP contribution in [-0.4, -0.2) is 36.3 Å². The van der Waals surface area contributed by atoms with Gasteiger partial charge in [0.1, 0.15) is 6.61 Å². The van der Waals surface area contributed by atoms with Crippen LogP contribution in [0.5, 0.6) is 0 Å². The van der Waals surface area contributed by atoms with Gasteiger partial charge < -0.3 is 14.0 Å². The van der Waals surface area contributed by atoms with Crippen molar-refractivity contribution < 1.29 is 14.3 Å². The summed E-state index contributed by atoms with van der Waals surface area (Å²) < 4.78 is 12.8. The molecular formula is C15H25NO3. The van der Waals surface area contributed by atoms with Crippen molar-refractivity contribution in [2.45, 2.75) is 39.7 Å². The summed E-state index contributed by atoms with van der Waals surface area (Å²) in [5.74, 6) is 0.0384. The Labute approximate surface area is 115 Å². The molecular weight excluding hydrogens is 242 g/mol. The van der Waals surface area contributed by atoms with Gasteiger partial charge in [-0.15, -0.1) is 0 Å². The maximum Gasteiger partial charge on any atom is 0.190 e. The summed E-state index contributed by atoms with van der Waals surface area (Å²) in [4.78, 5) is 12.1. The number of Topliss-reactive ketones (excluding diaryl/α,β-unsaturated/α-hetero) is 1. The number of hydrogen-bond acceptors (Lipinski definition) is 3. The monoisotopic (exact) mass is 267 g/mol. The zero-order valence-corrected chi connectivity index (χ0v) is 12.9. The number of carbonyl (C=O) groups excluding carboxylic acids is 1. The van der Waals surface area contributed by atoms with Crippen LogP contribution in [0.25, 0.3) is 0 Å². The highest BCUT2D eigenvalue weighted by molar-refractivity contribution is 5.98. The quantitative estimate of drug-likeness (QED) is 0.563. The lowest BCUT2D eigenvalue weighted by Crippen LogP contribution is -2.25. The largest absolute Gasteiger partial charge is 0.379 e. The van der Waals surface area contributed by atoms with Crippen LogP contribution >= 0.6 is 0 Å². The molecule has 4 nitrogen and oxygen atoms in total. The van der Waals surface area contributed by atoms with E-state index in [4.69, 9.17) is 9.47 Å². The molecule has 1 heterocycles. The van der Waals surface area contributed by atoms with E-state index in [1.807, 2.05) is 45.4 Å². The van der Waals surface area contributed by atoms with Crippen LogP contribution in [-0.2, 0) is 16.5 Å². The van der Waals surface area contributed by atoms with Crippen molar-refractivity contribution in [3.05, 3.63) is 23.0 Å². The first-order valence-electron chi connectivity index (χ1n) is 6.57. The van der Waals surface area contributed by atoms with E-state index in [1.54, 1.807) is 7.11 Å². The minimum atomic E-state index is -0.206. The molecule has 0 fully saturated rings. The Bertz CT molecular complexity index is 446. The third-order valence-electron chi connectivity index (χ3n) is 3.71. The third kappa shape index (κ3) is 4.18. The number of ether oxygens (including phenoxy) is 2. The van der Waals surface area contributed by atoms with Crippen molar-refractivity contribution >= 4 is 5.78 Å². The zero-order chi connectivity index (χ0) is 14.6. The molecule has 0 atom stereocenters. The van der Waals surface area contributed by atoms with Gasteiger partial charge in [-0.25, -0.2) is 0 Å². The summed E-state index contributed by atoms with van der Waals surface area (Å²) in [6, 6.07) is 1.92. The van der Waals surface area contributed by atoms with Crippen LogP contribution in [0, 0.1) is 13.8 Å². The number of nitrogens with zero attached hydrogens (tertiary/aromatic N) is 1. The molecule has 0 aliphatic heterocycles. The Morgan fingerprint density at radius 3 is 2.47 bits per heavy atom. The van der Waals surface area contributed by atoms with Crippen molar-refractivity contribution in [2.75, 3.05) is 20.3 Å². The second-order valence-electron chi connectivity index (χ2n) is 5.53. The summed E-state index contributed by atoms with van der Waals surface area (Å²) in [6.07, 6.45) is 0.767. The molecule has 0 saturated carbocycles. The number of ketones is 1. The fourth-order valence-electron chi connectivity index (χ4n) is 1.80. The molecule has 0 amide bonds. The Hall–Kier alpha value is -1.13. The van der Waals surface area contributed by atoms with Gasteiger partial charge in [0.2, 0.25) is 0 Å². The molecule has 19 heavy (non-hydrogen) atoms. The van der Waals surface area contributed by atoms with Crippen molar-refractivity contribution in [1.82, 2.24) is 4.57 Å². The Morgan fingerprint density at radius 1 is 1.37 bits per heavy atom. The maximum atomic E-state index is 12.1. The van der Waals surface area contributed by atoms with Crippen LogP contribution in [0.15, 0.2) is 6.07 Å². The maximum absolute atomic E-state index is 12.1. The van der Waals surface area contributed by atoms with Gasteiger partial charge >= 0.3 is 0 Å². The molecule has 0 aliphatic rings. The molecule has 1 aromatic heterocycles. The standard InChI is InChI=1S/C15H25NO3/c1-11-9-13(12(2)16(11)5)14(17)10-19-8-7-15(3,4)18-6/h9H,7-8,10H2,1-6H3. The highest BCUT2D eigenvalue weighted by Crippen LogP contribution is 2.15. The SMILES string of the molecule is COC(C)(C)CCOCC(=O)c1cc(C)n(C)c1C. The lowest BCUT2D eigenvalue weighted by atomic mass is 10.1. The molecule has 0 aliphatic carbocycles. The molecule has 0 unspecified atom stereocenters. The highest BCUT2D eigenvalue weighted by Gasteiger charge is 2.17. The van der Waals surface area contributed by atoms with E-state index in [-0.39, 0.29) is 18.0 Å². The van der Waals surface area contributed by atoms with E-state index in [2.05, 4.69) is 0 Å². The average molecular weight is 267 g/mol. The van der Waals surface area contributed by atoms with Crippen LogP contribution in [0.3, 0.4) is 0 Å². The van der Waals surface area contributed by atoms with E-state index in [0.29, 0.717) is 6.61 Å². The predicted molar refractivity (Wildman–Crippen MR) is 75.7 cm³/mol. The summed E-state index contributed by atoms with van der Waals surface area (Å²) in [5.41, 5.74) is 2.62. The minimum absolute atomic E-state index is 0.0384. The van der Waals surface area contributed by atoms with Gasteiger partial charge in [0.05, 0.1) is 5.60 Å². The fourth-order valence-corrected chi connectivity index (χ4v) is 1.80. The molecule has 0 radical (unpaired) electrons.